The van der Waals surface area contributed by atoms with Crippen molar-refractivity contribution in [1.82, 2.24) is 5.32 Å². The average Bonchev–Trinajstić information content (AvgIpc) is 3.19. The van der Waals surface area contributed by atoms with Gasteiger partial charge in [-0.25, -0.2) is 0 Å². The molecule has 0 aromatic heterocycles. The van der Waals surface area contributed by atoms with Crippen molar-refractivity contribution < 1.29 is 9.90 Å². The van der Waals surface area contributed by atoms with Gasteiger partial charge in [-0.3, -0.25) is 4.79 Å². The van der Waals surface area contributed by atoms with E-state index in [1.165, 1.54) is 0 Å². The van der Waals surface area contributed by atoms with Crippen molar-refractivity contribution in [2.24, 2.45) is 5.92 Å². The van der Waals surface area contributed by atoms with Gasteiger partial charge in [-0.05, 0) is 36.5 Å². The molecule has 4 heteroatoms. The Labute approximate surface area is 106 Å². The first-order valence-electron chi connectivity index (χ1n) is 5.82. The zero-order valence-corrected chi connectivity index (χ0v) is 10.3. The Bertz CT molecular complexity index is 404. The fourth-order valence-corrected chi connectivity index (χ4v) is 1.91. The molecular weight excluding hydrogens is 238 g/mol. The number of carbonyl (C=O) groups excluding carboxylic acids is 1. The van der Waals surface area contributed by atoms with Gasteiger partial charge in [-0.1, -0.05) is 12.1 Å². The fourth-order valence-electron chi connectivity index (χ4n) is 1.74. The second-order valence-electron chi connectivity index (χ2n) is 4.45. The molecule has 1 unspecified atom stereocenters. The number of rotatable bonds is 5. The Morgan fingerprint density at radius 2 is 2.29 bits per heavy atom. The van der Waals surface area contributed by atoms with E-state index < -0.39 is 6.10 Å². The van der Waals surface area contributed by atoms with Crippen LogP contribution in [0.2, 0.25) is 0 Å². The molecule has 2 rings (SSSR count). The van der Waals surface area contributed by atoms with Gasteiger partial charge in [0.2, 0.25) is 0 Å². The highest BCUT2D eigenvalue weighted by atomic mass is 35.5. The third-order valence-corrected chi connectivity index (χ3v) is 3.29. The minimum atomic E-state index is -0.407. The number of benzene rings is 1. The molecule has 0 heterocycles. The summed E-state index contributed by atoms with van der Waals surface area (Å²) in [5, 5.41) is 12.4. The summed E-state index contributed by atoms with van der Waals surface area (Å²) in [6, 6.07) is 7.20. The second kappa shape index (κ2) is 5.52. The van der Waals surface area contributed by atoms with Crippen molar-refractivity contribution in [2.45, 2.75) is 24.8 Å². The summed E-state index contributed by atoms with van der Waals surface area (Å²) >= 11 is 5.71. The molecular formula is C13H16ClNO2. The molecule has 1 aromatic carbocycles. The molecule has 1 aliphatic carbocycles. The highest BCUT2D eigenvalue weighted by molar-refractivity contribution is 6.17. The van der Waals surface area contributed by atoms with E-state index in [1.807, 2.05) is 12.1 Å². The highest BCUT2D eigenvalue weighted by Crippen LogP contribution is 2.32. The quantitative estimate of drug-likeness (QED) is 0.788. The molecule has 0 aliphatic heterocycles. The van der Waals surface area contributed by atoms with Gasteiger partial charge in [0.15, 0.2) is 0 Å². The third-order valence-electron chi connectivity index (χ3n) is 2.98. The molecule has 0 radical (unpaired) electrons. The van der Waals surface area contributed by atoms with E-state index in [0.29, 0.717) is 23.9 Å². The lowest BCUT2D eigenvalue weighted by atomic mass is 10.1. The van der Waals surface area contributed by atoms with Gasteiger partial charge in [-0.15, -0.1) is 11.6 Å². The number of hydrogen-bond donors (Lipinski definition) is 2. The molecule has 0 bridgehead atoms. The number of amides is 1. The van der Waals surface area contributed by atoms with Crippen LogP contribution in [0, 0.1) is 5.92 Å². The molecule has 1 fully saturated rings. The predicted molar refractivity (Wildman–Crippen MR) is 67.1 cm³/mol. The van der Waals surface area contributed by atoms with E-state index >= 15 is 0 Å². The number of aliphatic hydroxyl groups excluding tert-OH is 1. The summed E-state index contributed by atoms with van der Waals surface area (Å²) in [5.41, 5.74) is 1.51. The summed E-state index contributed by atoms with van der Waals surface area (Å²) in [7, 11) is 0. The number of halogens is 1. The van der Waals surface area contributed by atoms with Crippen LogP contribution in [0.3, 0.4) is 0 Å². The second-order valence-corrected chi connectivity index (χ2v) is 4.72. The lowest BCUT2D eigenvalue weighted by Crippen LogP contribution is -2.33. The Hall–Kier alpha value is -1.06. The first-order valence-corrected chi connectivity index (χ1v) is 6.35. The molecule has 0 spiro atoms. The van der Waals surface area contributed by atoms with Gasteiger partial charge < -0.3 is 10.4 Å². The zero-order valence-electron chi connectivity index (χ0n) is 9.53. The first-order chi connectivity index (χ1) is 8.20. The van der Waals surface area contributed by atoms with E-state index in [9.17, 15) is 9.90 Å². The predicted octanol–water partition coefficient (Wildman–Crippen LogP) is 1.93. The lowest BCUT2D eigenvalue weighted by Gasteiger charge is -2.10. The molecule has 1 atom stereocenters. The van der Waals surface area contributed by atoms with Gasteiger partial charge in [0.05, 0.1) is 6.10 Å². The van der Waals surface area contributed by atoms with Crippen LogP contribution >= 0.6 is 11.6 Å². The summed E-state index contributed by atoms with van der Waals surface area (Å²) < 4.78 is 0. The minimum Gasteiger partial charge on any atom is -0.391 e. The van der Waals surface area contributed by atoms with Crippen LogP contribution < -0.4 is 5.32 Å². The van der Waals surface area contributed by atoms with E-state index in [0.717, 1.165) is 18.4 Å². The standard InChI is InChI=1S/C13H16ClNO2/c14-7-9-2-1-3-11(6-9)13(17)15-8-12(16)10-4-5-10/h1-3,6,10,12,16H,4-5,7-8H2,(H,15,17). The zero-order chi connectivity index (χ0) is 12.3. The van der Waals surface area contributed by atoms with Crippen molar-refractivity contribution in [3.63, 3.8) is 0 Å². The monoisotopic (exact) mass is 253 g/mol. The Morgan fingerprint density at radius 1 is 1.53 bits per heavy atom. The first kappa shape index (κ1) is 12.4. The van der Waals surface area contributed by atoms with Crippen LogP contribution in [0.1, 0.15) is 28.8 Å². The molecule has 1 amide bonds. The topological polar surface area (TPSA) is 49.3 Å². The smallest absolute Gasteiger partial charge is 0.251 e. The van der Waals surface area contributed by atoms with E-state index in [1.54, 1.807) is 12.1 Å². The molecule has 92 valence electrons. The van der Waals surface area contributed by atoms with E-state index in [4.69, 9.17) is 11.6 Å². The van der Waals surface area contributed by atoms with Crippen LogP contribution in [-0.2, 0) is 5.88 Å². The molecule has 3 nitrogen and oxygen atoms in total. The number of hydrogen-bond acceptors (Lipinski definition) is 2. The summed E-state index contributed by atoms with van der Waals surface area (Å²) in [4.78, 5) is 11.8. The third kappa shape index (κ3) is 3.45. The molecule has 1 saturated carbocycles. The van der Waals surface area contributed by atoms with Crippen molar-refractivity contribution >= 4 is 17.5 Å². The van der Waals surface area contributed by atoms with Crippen molar-refractivity contribution in [3.8, 4) is 0 Å². The Morgan fingerprint density at radius 3 is 2.94 bits per heavy atom. The fraction of sp³-hybridized carbons (Fsp3) is 0.462. The average molecular weight is 254 g/mol. The maximum absolute atomic E-state index is 11.8. The van der Waals surface area contributed by atoms with Crippen LogP contribution in [0.5, 0.6) is 0 Å². The van der Waals surface area contributed by atoms with Crippen LogP contribution in [0.4, 0.5) is 0 Å². The van der Waals surface area contributed by atoms with Gasteiger partial charge in [0.25, 0.3) is 5.91 Å². The van der Waals surface area contributed by atoms with Crippen LogP contribution in [0.25, 0.3) is 0 Å². The van der Waals surface area contributed by atoms with Crippen molar-refractivity contribution in [2.75, 3.05) is 6.54 Å². The number of nitrogens with one attached hydrogen (secondary N) is 1. The SMILES string of the molecule is O=C(NCC(O)C1CC1)c1cccc(CCl)c1. The molecule has 2 N–H and O–H groups in total. The molecule has 1 aromatic rings. The van der Waals surface area contributed by atoms with Gasteiger partial charge in [0.1, 0.15) is 0 Å². The van der Waals surface area contributed by atoms with Crippen molar-refractivity contribution in [1.29, 1.82) is 0 Å². The van der Waals surface area contributed by atoms with E-state index in [2.05, 4.69) is 5.32 Å². The van der Waals surface area contributed by atoms with Gasteiger partial charge >= 0.3 is 0 Å². The summed E-state index contributed by atoms with van der Waals surface area (Å²) in [5.74, 6) is 0.618. The molecule has 0 saturated heterocycles. The number of alkyl halides is 1. The van der Waals surface area contributed by atoms with Gasteiger partial charge in [-0.2, -0.15) is 0 Å². The van der Waals surface area contributed by atoms with E-state index in [-0.39, 0.29) is 5.91 Å². The molecule has 1 aliphatic rings. The maximum Gasteiger partial charge on any atom is 0.251 e. The maximum atomic E-state index is 11.8. The Balaban J connectivity index is 1.89. The summed E-state index contributed by atoms with van der Waals surface area (Å²) in [6.07, 6.45) is 1.73. The normalized spacial score (nSPS) is 16.6. The number of aliphatic hydroxyl groups is 1. The van der Waals surface area contributed by atoms with Crippen LogP contribution in [0.15, 0.2) is 24.3 Å². The lowest BCUT2D eigenvalue weighted by molar-refractivity contribution is 0.0901. The Kier molecular flexibility index (Phi) is 4.02. The van der Waals surface area contributed by atoms with Crippen molar-refractivity contribution in [3.05, 3.63) is 35.4 Å². The minimum absolute atomic E-state index is 0.156. The highest BCUT2D eigenvalue weighted by Gasteiger charge is 2.29. The van der Waals surface area contributed by atoms with Crippen LogP contribution in [-0.4, -0.2) is 23.7 Å². The largest absolute Gasteiger partial charge is 0.391 e. The summed E-state index contributed by atoms with van der Waals surface area (Å²) in [6.45, 7) is 0.328. The molecule has 17 heavy (non-hydrogen) atoms. The van der Waals surface area contributed by atoms with Gasteiger partial charge in [0, 0.05) is 18.0 Å². The number of carbonyl (C=O) groups is 1.